The van der Waals surface area contributed by atoms with E-state index in [-0.39, 0.29) is 18.1 Å². The van der Waals surface area contributed by atoms with Crippen molar-refractivity contribution in [1.82, 2.24) is 4.98 Å². The SMILES string of the molecule is CCc1ccc(CC)c(C(=O)COc2cccnc2[N+](=O)[O-])c1. The largest absolute Gasteiger partial charge is 0.477 e. The molecule has 1 aromatic carbocycles. The first-order valence-electron chi connectivity index (χ1n) is 7.44. The van der Waals surface area contributed by atoms with E-state index in [1.807, 2.05) is 32.0 Å². The van der Waals surface area contributed by atoms with Gasteiger partial charge in [0.25, 0.3) is 0 Å². The number of ether oxygens (including phenoxy) is 1. The topological polar surface area (TPSA) is 82.3 Å². The summed E-state index contributed by atoms with van der Waals surface area (Å²) in [4.78, 5) is 26.4. The van der Waals surface area contributed by atoms with Crippen LogP contribution in [0.5, 0.6) is 5.75 Å². The Morgan fingerprint density at radius 3 is 2.70 bits per heavy atom. The van der Waals surface area contributed by atoms with E-state index in [1.54, 1.807) is 0 Å². The Labute approximate surface area is 134 Å². The summed E-state index contributed by atoms with van der Waals surface area (Å²) in [6.07, 6.45) is 2.88. The van der Waals surface area contributed by atoms with Crippen LogP contribution in [-0.4, -0.2) is 22.3 Å². The van der Waals surface area contributed by atoms with Crippen LogP contribution in [0.15, 0.2) is 36.5 Å². The van der Waals surface area contributed by atoms with E-state index in [9.17, 15) is 14.9 Å². The fourth-order valence-electron chi connectivity index (χ4n) is 2.26. The number of ketones is 1. The number of pyridine rings is 1. The van der Waals surface area contributed by atoms with Crippen molar-refractivity contribution in [3.05, 3.63) is 63.3 Å². The Morgan fingerprint density at radius 1 is 1.26 bits per heavy atom. The molecule has 1 aromatic heterocycles. The van der Waals surface area contributed by atoms with Gasteiger partial charge in [-0.05, 0) is 52.1 Å². The quantitative estimate of drug-likeness (QED) is 0.444. The molecule has 0 unspecified atom stereocenters. The molecule has 0 aliphatic carbocycles. The molecule has 0 aliphatic heterocycles. The highest BCUT2D eigenvalue weighted by atomic mass is 16.6. The minimum absolute atomic E-state index is 0.00413. The van der Waals surface area contributed by atoms with Crippen molar-refractivity contribution in [2.45, 2.75) is 26.7 Å². The summed E-state index contributed by atoms with van der Waals surface area (Å²) in [7, 11) is 0. The van der Waals surface area contributed by atoms with Crippen molar-refractivity contribution < 1.29 is 14.5 Å². The second-order valence-electron chi connectivity index (χ2n) is 4.99. The van der Waals surface area contributed by atoms with E-state index in [0.29, 0.717) is 5.56 Å². The molecule has 0 saturated carbocycles. The van der Waals surface area contributed by atoms with Crippen LogP contribution in [0, 0.1) is 10.1 Å². The third kappa shape index (κ3) is 3.91. The van der Waals surface area contributed by atoms with Gasteiger partial charge in [-0.3, -0.25) is 4.79 Å². The molecule has 1 heterocycles. The molecule has 0 aliphatic rings. The van der Waals surface area contributed by atoms with Gasteiger partial charge in [0.15, 0.2) is 12.4 Å². The van der Waals surface area contributed by atoms with Crippen molar-refractivity contribution in [2.24, 2.45) is 0 Å². The summed E-state index contributed by atoms with van der Waals surface area (Å²) in [6, 6.07) is 8.77. The fraction of sp³-hybridized carbons (Fsp3) is 0.294. The van der Waals surface area contributed by atoms with Gasteiger partial charge in [0.2, 0.25) is 5.75 Å². The third-order valence-electron chi connectivity index (χ3n) is 3.55. The zero-order valence-electron chi connectivity index (χ0n) is 13.1. The maximum absolute atomic E-state index is 12.4. The smallest absolute Gasteiger partial charge is 0.406 e. The van der Waals surface area contributed by atoms with E-state index in [2.05, 4.69) is 4.98 Å². The summed E-state index contributed by atoms with van der Waals surface area (Å²) in [5, 5.41) is 10.9. The first-order valence-corrected chi connectivity index (χ1v) is 7.44. The molecule has 0 amide bonds. The van der Waals surface area contributed by atoms with E-state index in [0.717, 1.165) is 24.0 Å². The van der Waals surface area contributed by atoms with E-state index in [4.69, 9.17) is 4.74 Å². The number of hydrogen-bond donors (Lipinski definition) is 0. The first-order chi connectivity index (χ1) is 11.1. The molecule has 6 heteroatoms. The second-order valence-corrected chi connectivity index (χ2v) is 4.99. The van der Waals surface area contributed by atoms with E-state index in [1.165, 1.54) is 18.3 Å². The summed E-state index contributed by atoms with van der Waals surface area (Å²) >= 11 is 0. The monoisotopic (exact) mass is 314 g/mol. The Hall–Kier alpha value is -2.76. The predicted molar refractivity (Wildman–Crippen MR) is 85.9 cm³/mol. The predicted octanol–water partition coefficient (Wildman–Crippen LogP) is 3.38. The normalized spacial score (nSPS) is 10.3. The lowest BCUT2D eigenvalue weighted by Gasteiger charge is -2.10. The molecule has 120 valence electrons. The Morgan fingerprint density at radius 2 is 2.04 bits per heavy atom. The molecule has 0 bridgehead atoms. The standard InChI is InChI=1S/C17H18N2O4/c1-3-12-7-8-13(4-2)14(10-12)15(20)11-23-16-6-5-9-18-17(16)19(21)22/h5-10H,3-4,11H2,1-2H3. The van der Waals surface area contributed by atoms with Crippen LogP contribution >= 0.6 is 0 Å². The minimum atomic E-state index is -0.630. The van der Waals surface area contributed by atoms with Gasteiger partial charge >= 0.3 is 5.82 Å². The Kier molecular flexibility index (Phi) is 5.41. The molecule has 2 rings (SSSR count). The number of carbonyl (C=O) groups excluding carboxylic acids is 1. The third-order valence-corrected chi connectivity index (χ3v) is 3.55. The molecule has 23 heavy (non-hydrogen) atoms. The molecule has 0 spiro atoms. The van der Waals surface area contributed by atoms with Crippen molar-refractivity contribution in [1.29, 1.82) is 0 Å². The van der Waals surface area contributed by atoms with Gasteiger partial charge in [-0.15, -0.1) is 0 Å². The maximum atomic E-state index is 12.4. The number of nitrogens with zero attached hydrogens (tertiary/aromatic N) is 2. The molecule has 0 radical (unpaired) electrons. The lowest BCUT2D eigenvalue weighted by molar-refractivity contribution is -0.390. The van der Waals surface area contributed by atoms with E-state index >= 15 is 0 Å². The Bertz CT molecular complexity index is 728. The van der Waals surface area contributed by atoms with Gasteiger partial charge in [0.1, 0.15) is 6.20 Å². The highest BCUT2D eigenvalue weighted by Gasteiger charge is 2.18. The highest BCUT2D eigenvalue weighted by molar-refractivity contribution is 5.98. The fourth-order valence-corrected chi connectivity index (χ4v) is 2.26. The lowest BCUT2D eigenvalue weighted by atomic mass is 9.98. The van der Waals surface area contributed by atoms with Gasteiger partial charge in [-0.25, -0.2) is 0 Å². The number of carbonyl (C=O) groups is 1. The second kappa shape index (κ2) is 7.49. The van der Waals surface area contributed by atoms with Crippen LogP contribution in [0.25, 0.3) is 0 Å². The van der Waals surface area contributed by atoms with Crippen molar-refractivity contribution in [3.8, 4) is 5.75 Å². The number of aromatic nitrogens is 1. The number of benzene rings is 1. The summed E-state index contributed by atoms with van der Waals surface area (Å²) in [6.45, 7) is 3.74. The van der Waals surface area contributed by atoms with Crippen LogP contribution in [0.1, 0.15) is 35.3 Å². The number of Topliss-reactive ketones (excluding diaryl/α,β-unsaturated/α-hetero) is 1. The molecule has 0 fully saturated rings. The van der Waals surface area contributed by atoms with Crippen molar-refractivity contribution in [3.63, 3.8) is 0 Å². The van der Waals surface area contributed by atoms with E-state index < -0.39 is 10.7 Å². The zero-order chi connectivity index (χ0) is 16.8. The Balaban J connectivity index is 2.19. The maximum Gasteiger partial charge on any atom is 0.406 e. The van der Waals surface area contributed by atoms with Gasteiger partial charge in [-0.1, -0.05) is 26.0 Å². The summed E-state index contributed by atoms with van der Waals surface area (Å²) in [5.41, 5.74) is 2.62. The molecular weight excluding hydrogens is 296 g/mol. The van der Waals surface area contributed by atoms with Crippen LogP contribution in [0.4, 0.5) is 5.82 Å². The van der Waals surface area contributed by atoms with Crippen molar-refractivity contribution >= 4 is 11.6 Å². The number of rotatable bonds is 7. The molecule has 6 nitrogen and oxygen atoms in total. The first kappa shape index (κ1) is 16.6. The van der Waals surface area contributed by atoms with Crippen LogP contribution < -0.4 is 4.74 Å². The molecule has 0 N–H and O–H groups in total. The number of aryl methyl sites for hydroxylation is 2. The number of nitro groups is 1. The van der Waals surface area contributed by atoms with Gasteiger partial charge < -0.3 is 14.9 Å². The summed E-state index contributed by atoms with van der Waals surface area (Å²) in [5.74, 6) is -0.593. The molecule has 0 atom stereocenters. The molecular formula is C17H18N2O4. The van der Waals surface area contributed by atoms with Gasteiger partial charge in [-0.2, -0.15) is 0 Å². The average molecular weight is 314 g/mol. The lowest BCUT2D eigenvalue weighted by Crippen LogP contribution is -2.15. The minimum Gasteiger partial charge on any atom is -0.477 e. The molecule has 0 saturated heterocycles. The number of hydrogen-bond acceptors (Lipinski definition) is 5. The summed E-state index contributed by atoms with van der Waals surface area (Å²) < 4.78 is 5.33. The average Bonchev–Trinajstić information content (AvgIpc) is 2.59. The van der Waals surface area contributed by atoms with Gasteiger partial charge in [0, 0.05) is 5.56 Å². The van der Waals surface area contributed by atoms with Crippen LogP contribution in [0.2, 0.25) is 0 Å². The van der Waals surface area contributed by atoms with Crippen LogP contribution in [-0.2, 0) is 12.8 Å². The van der Waals surface area contributed by atoms with Crippen LogP contribution in [0.3, 0.4) is 0 Å². The zero-order valence-corrected chi connectivity index (χ0v) is 13.1. The van der Waals surface area contributed by atoms with Crippen molar-refractivity contribution in [2.75, 3.05) is 6.61 Å². The van der Waals surface area contributed by atoms with Gasteiger partial charge in [0.05, 0.1) is 0 Å². The highest BCUT2D eigenvalue weighted by Crippen LogP contribution is 2.23. The molecule has 2 aromatic rings.